The Balaban J connectivity index is 1.12. The number of fused-ring (bicyclic) bond motifs is 11. The molecule has 0 aliphatic carbocycles. The van der Waals surface area contributed by atoms with Crippen LogP contribution in [0.2, 0.25) is 0 Å². The van der Waals surface area contributed by atoms with E-state index >= 15 is 0 Å². The van der Waals surface area contributed by atoms with E-state index in [1.807, 2.05) is 18.2 Å². The molecule has 12 aromatic rings. The molecule has 0 amide bonds. The van der Waals surface area contributed by atoms with Crippen LogP contribution in [0.3, 0.4) is 0 Å². The maximum absolute atomic E-state index is 5.38. The van der Waals surface area contributed by atoms with Gasteiger partial charge < -0.3 is 4.57 Å². The van der Waals surface area contributed by atoms with Crippen LogP contribution in [-0.2, 0) is 0 Å². The molecule has 56 heavy (non-hydrogen) atoms. The van der Waals surface area contributed by atoms with E-state index in [4.69, 9.17) is 9.97 Å². The maximum atomic E-state index is 5.38. The molecule has 0 fully saturated rings. The molecular formula is C52H32N4. The summed E-state index contributed by atoms with van der Waals surface area (Å²) in [5.41, 5.74) is 11.6. The standard InChI is InChI=1S/C52H32N4/c1-2-12-33(13-3-1)34-22-24-37(25-23-34)51-52(54-44-20-10-9-19-43(44)53-51)56-45-21-11-8-18-41(45)42-32-38(28-31-46(42)56)55-47-29-26-35-14-4-6-16-39(35)49(47)50-40-17-7-5-15-36(40)27-30-48(50)55/h1-32H. The van der Waals surface area contributed by atoms with E-state index in [-0.39, 0.29) is 0 Å². The second kappa shape index (κ2) is 12.0. The highest BCUT2D eigenvalue weighted by molar-refractivity contribution is 6.28. The Kier molecular flexibility index (Phi) is 6.60. The monoisotopic (exact) mass is 712 g/mol. The SMILES string of the molecule is c1ccc(-c2ccc(-c3nc4ccccc4nc3-n3c4ccccc4c4cc(-n5c6ccc7ccccc7c6c6c7ccccc7ccc65)ccc43)cc2)cc1. The van der Waals surface area contributed by atoms with Gasteiger partial charge >= 0.3 is 0 Å². The summed E-state index contributed by atoms with van der Waals surface area (Å²) < 4.78 is 4.76. The molecule has 3 heterocycles. The van der Waals surface area contributed by atoms with Crippen LogP contribution in [0.5, 0.6) is 0 Å². The van der Waals surface area contributed by atoms with Crippen LogP contribution in [0.15, 0.2) is 194 Å². The average molecular weight is 713 g/mol. The Morgan fingerprint density at radius 1 is 0.321 bits per heavy atom. The highest BCUT2D eigenvalue weighted by Crippen LogP contribution is 2.42. The highest BCUT2D eigenvalue weighted by atomic mass is 15.1. The summed E-state index contributed by atoms with van der Waals surface area (Å²) in [7, 11) is 0. The summed E-state index contributed by atoms with van der Waals surface area (Å²) >= 11 is 0. The van der Waals surface area contributed by atoms with Crippen molar-refractivity contribution in [2.24, 2.45) is 0 Å². The Bertz CT molecular complexity index is 3430. The summed E-state index contributed by atoms with van der Waals surface area (Å²) in [5.74, 6) is 0.810. The number of nitrogens with zero attached hydrogens (tertiary/aromatic N) is 4. The topological polar surface area (TPSA) is 35.6 Å². The van der Waals surface area contributed by atoms with Gasteiger partial charge in [0.25, 0.3) is 0 Å². The second-order valence-corrected chi connectivity index (χ2v) is 14.6. The van der Waals surface area contributed by atoms with E-state index in [1.165, 1.54) is 59.9 Å². The van der Waals surface area contributed by atoms with Crippen molar-refractivity contribution in [1.29, 1.82) is 0 Å². The van der Waals surface area contributed by atoms with Gasteiger partial charge in [0.05, 0.1) is 33.1 Å². The molecule has 0 aliphatic rings. The highest BCUT2D eigenvalue weighted by Gasteiger charge is 2.22. The first-order valence-corrected chi connectivity index (χ1v) is 19.1. The third-order valence-electron chi connectivity index (χ3n) is 11.5. The first-order chi connectivity index (χ1) is 27.8. The molecule has 0 radical (unpaired) electrons. The van der Waals surface area contributed by atoms with Crippen molar-refractivity contribution in [3.8, 4) is 33.9 Å². The number of para-hydroxylation sites is 3. The number of hydrogen-bond acceptors (Lipinski definition) is 2. The van der Waals surface area contributed by atoms with Gasteiger partial charge in [-0.3, -0.25) is 4.57 Å². The molecule has 0 atom stereocenters. The maximum Gasteiger partial charge on any atom is 0.165 e. The molecule has 4 nitrogen and oxygen atoms in total. The van der Waals surface area contributed by atoms with Gasteiger partial charge in [0.2, 0.25) is 0 Å². The summed E-state index contributed by atoms with van der Waals surface area (Å²) in [6.07, 6.45) is 0. The lowest BCUT2D eigenvalue weighted by Crippen LogP contribution is -2.03. The van der Waals surface area contributed by atoms with E-state index in [0.717, 1.165) is 50.2 Å². The minimum Gasteiger partial charge on any atom is -0.309 e. The fourth-order valence-corrected chi connectivity index (χ4v) is 8.95. The quantitative estimate of drug-likeness (QED) is 0.182. The summed E-state index contributed by atoms with van der Waals surface area (Å²) in [4.78, 5) is 10.7. The van der Waals surface area contributed by atoms with E-state index in [0.29, 0.717) is 0 Å². The number of hydrogen-bond donors (Lipinski definition) is 0. The van der Waals surface area contributed by atoms with Crippen LogP contribution in [0.4, 0.5) is 0 Å². The first kappa shape index (κ1) is 30.9. The van der Waals surface area contributed by atoms with Gasteiger partial charge in [-0.1, -0.05) is 146 Å². The second-order valence-electron chi connectivity index (χ2n) is 14.6. The largest absolute Gasteiger partial charge is 0.309 e. The smallest absolute Gasteiger partial charge is 0.165 e. The summed E-state index contributed by atoms with van der Waals surface area (Å²) in [5, 5.41) is 9.92. The predicted molar refractivity (Wildman–Crippen MR) is 234 cm³/mol. The summed E-state index contributed by atoms with van der Waals surface area (Å²) in [6, 6.07) is 69.5. The molecule has 9 aromatic carbocycles. The van der Waals surface area contributed by atoms with Crippen LogP contribution < -0.4 is 0 Å². The predicted octanol–water partition coefficient (Wildman–Crippen LogP) is 13.5. The van der Waals surface area contributed by atoms with Gasteiger partial charge in [0.15, 0.2) is 5.82 Å². The minimum absolute atomic E-state index is 0.810. The van der Waals surface area contributed by atoms with E-state index in [1.54, 1.807) is 0 Å². The fourth-order valence-electron chi connectivity index (χ4n) is 8.95. The van der Waals surface area contributed by atoms with E-state index < -0.39 is 0 Å². The van der Waals surface area contributed by atoms with Gasteiger partial charge in [-0.15, -0.1) is 0 Å². The van der Waals surface area contributed by atoms with Crippen molar-refractivity contribution in [3.63, 3.8) is 0 Å². The Labute approximate surface area is 322 Å². The van der Waals surface area contributed by atoms with Crippen molar-refractivity contribution in [2.45, 2.75) is 0 Å². The van der Waals surface area contributed by atoms with Crippen LogP contribution in [0.25, 0.3) is 110 Å². The molecule has 0 saturated carbocycles. The lowest BCUT2D eigenvalue weighted by Gasteiger charge is -2.14. The Morgan fingerprint density at radius 2 is 0.839 bits per heavy atom. The minimum atomic E-state index is 0.810. The fraction of sp³-hybridized carbons (Fsp3) is 0. The van der Waals surface area contributed by atoms with Crippen molar-refractivity contribution >= 4 is 76.2 Å². The molecule has 4 heteroatoms. The molecule has 12 rings (SSSR count). The van der Waals surface area contributed by atoms with Gasteiger partial charge in [-0.2, -0.15) is 0 Å². The molecule has 0 aliphatic heterocycles. The lowest BCUT2D eigenvalue weighted by atomic mass is 10.00. The van der Waals surface area contributed by atoms with Crippen LogP contribution >= 0.6 is 0 Å². The van der Waals surface area contributed by atoms with Gasteiger partial charge in [-0.25, -0.2) is 9.97 Å². The third kappa shape index (κ3) is 4.53. The molecule has 0 N–H and O–H groups in total. The molecular weight excluding hydrogens is 681 g/mol. The zero-order valence-corrected chi connectivity index (χ0v) is 30.3. The van der Waals surface area contributed by atoms with Crippen molar-refractivity contribution in [3.05, 3.63) is 194 Å². The number of benzene rings is 9. The van der Waals surface area contributed by atoms with Gasteiger partial charge in [0.1, 0.15) is 5.69 Å². The molecule has 0 spiro atoms. The van der Waals surface area contributed by atoms with Crippen LogP contribution in [-0.4, -0.2) is 19.1 Å². The molecule has 0 bridgehead atoms. The zero-order chi connectivity index (χ0) is 36.7. The van der Waals surface area contributed by atoms with Crippen molar-refractivity contribution in [2.75, 3.05) is 0 Å². The average Bonchev–Trinajstić information content (AvgIpc) is 3.79. The van der Waals surface area contributed by atoms with Gasteiger partial charge in [0, 0.05) is 32.8 Å². The first-order valence-electron chi connectivity index (χ1n) is 19.1. The Hall–Kier alpha value is -7.56. The molecule has 260 valence electrons. The third-order valence-corrected chi connectivity index (χ3v) is 11.5. The van der Waals surface area contributed by atoms with Crippen LogP contribution in [0, 0.1) is 0 Å². The summed E-state index contributed by atoms with van der Waals surface area (Å²) in [6.45, 7) is 0. The number of rotatable bonds is 4. The lowest BCUT2D eigenvalue weighted by molar-refractivity contribution is 1.08. The van der Waals surface area contributed by atoms with Crippen molar-refractivity contribution < 1.29 is 0 Å². The van der Waals surface area contributed by atoms with E-state index in [2.05, 4.69) is 185 Å². The molecule has 0 unspecified atom stereocenters. The van der Waals surface area contributed by atoms with Crippen LogP contribution in [0.1, 0.15) is 0 Å². The molecule has 3 aromatic heterocycles. The van der Waals surface area contributed by atoms with Gasteiger partial charge in [-0.05, 0) is 81.2 Å². The zero-order valence-electron chi connectivity index (χ0n) is 30.3. The Morgan fingerprint density at radius 3 is 1.54 bits per heavy atom. The normalized spacial score (nSPS) is 11.9. The molecule has 0 saturated heterocycles. The number of aromatic nitrogens is 4. The van der Waals surface area contributed by atoms with Crippen molar-refractivity contribution in [1.82, 2.24) is 19.1 Å². The van der Waals surface area contributed by atoms with E-state index in [9.17, 15) is 0 Å².